The molecule has 2 aromatic carbocycles. The van der Waals surface area contributed by atoms with Crippen LogP contribution in [-0.2, 0) is 0 Å². The Bertz CT molecular complexity index is 854. The smallest absolute Gasteiger partial charge is 0.142 e. The van der Waals surface area contributed by atoms with E-state index in [4.69, 9.17) is 4.74 Å². The van der Waals surface area contributed by atoms with Gasteiger partial charge in [-0.25, -0.2) is 9.97 Å². The van der Waals surface area contributed by atoms with E-state index in [1.54, 1.807) is 7.11 Å². The van der Waals surface area contributed by atoms with Crippen LogP contribution < -0.4 is 15.4 Å². The summed E-state index contributed by atoms with van der Waals surface area (Å²) in [6, 6.07) is 15.6. The van der Waals surface area contributed by atoms with Crippen molar-refractivity contribution >= 4 is 38.9 Å². The molecule has 1 aromatic heterocycles. The van der Waals surface area contributed by atoms with E-state index in [1.807, 2.05) is 49.4 Å². The van der Waals surface area contributed by atoms with Crippen LogP contribution in [0.5, 0.6) is 5.75 Å². The number of hydrogen-bond acceptors (Lipinski definition) is 5. The second kappa shape index (κ2) is 7.31. The number of hydrogen-bond donors (Lipinski definition) is 2. The van der Waals surface area contributed by atoms with E-state index in [0.29, 0.717) is 11.6 Å². The minimum atomic E-state index is 0.686. The second-order valence-corrected chi connectivity index (χ2v) is 6.06. The fraction of sp³-hybridized carbons (Fsp3) is 0.111. The van der Waals surface area contributed by atoms with E-state index in [-0.39, 0.29) is 0 Å². The predicted octanol–water partition coefficient (Wildman–Crippen LogP) is 5.04. The Labute approximate surface area is 149 Å². The number of nitrogens with zero attached hydrogens (tertiary/aromatic N) is 2. The molecular weight excluding hydrogens is 368 g/mol. The molecule has 24 heavy (non-hydrogen) atoms. The van der Waals surface area contributed by atoms with Crippen LogP contribution in [0.2, 0.25) is 0 Å². The molecule has 1 heterocycles. The molecule has 0 fully saturated rings. The molecule has 0 spiro atoms. The lowest BCUT2D eigenvalue weighted by Gasteiger charge is -2.11. The van der Waals surface area contributed by atoms with Crippen LogP contribution in [0.4, 0.5) is 23.0 Å². The zero-order chi connectivity index (χ0) is 16.9. The summed E-state index contributed by atoms with van der Waals surface area (Å²) in [6.45, 7) is 2.05. The number of benzene rings is 2. The molecule has 0 saturated carbocycles. The van der Waals surface area contributed by atoms with Crippen molar-refractivity contribution < 1.29 is 4.74 Å². The van der Waals surface area contributed by atoms with E-state index in [1.165, 1.54) is 6.33 Å². The molecule has 3 rings (SSSR count). The zero-order valence-electron chi connectivity index (χ0n) is 13.4. The number of ether oxygens (including phenoxy) is 1. The standard InChI is InChI=1S/C18H17BrN4O/c1-12-9-13(7-8-14(12)19)22-17-10-18(21-11-20-17)23-15-5-3-4-6-16(15)24-2/h3-11H,1-2H3,(H2,20,21,22,23). The summed E-state index contributed by atoms with van der Waals surface area (Å²) in [4.78, 5) is 8.52. The zero-order valence-corrected chi connectivity index (χ0v) is 15.0. The van der Waals surface area contributed by atoms with Gasteiger partial charge in [0.05, 0.1) is 12.8 Å². The molecule has 0 saturated heterocycles. The highest BCUT2D eigenvalue weighted by Gasteiger charge is 2.05. The fourth-order valence-electron chi connectivity index (χ4n) is 2.25. The van der Waals surface area contributed by atoms with Crippen LogP contribution in [0.25, 0.3) is 0 Å². The molecule has 0 radical (unpaired) electrons. The highest BCUT2D eigenvalue weighted by molar-refractivity contribution is 9.10. The average Bonchev–Trinajstić information content (AvgIpc) is 2.59. The van der Waals surface area contributed by atoms with Crippen molar-refractivity contribution in [2.75, 3.05) is 17.7 Å². The molecule has 0 aliphatic heterocycles. The van der Waals surface area contributed by atoms with Crippen LogP contribution in [-0.4, -0.2) is 17.1 Å². The van der Waals surface area contributed by atoms with Gasteiger partial charge in [-0.3, -0.25) is 0 Å². The molecule has 5 nitrogen and oxygen atoms in total. The van der Waals surface area contributed by atoms with Gasteiger partial charge >= 0.3 is 0 Å². The molecule has 0 unspecified atom stereocenters. The minimum Gasteiger partial charge on any atom is -0.495 e. The normalized spacial score (nSPS) is 10.3. The largest absolute Gasteiger partial charge is 0.495 e. The Hall–Kier alpha value is -2.60. The van der Waals surface area contributed by atoms with Crippen LogP contribution in [0, 0.1) is 6.92 Å². The summed E-state index contributed by atoms with van der Waals surface area (Å²) in [5.41, 5.74) is 2.98. The van der Waals surface area contributed by atoms with Crippen molar-refractivity contribution in [3.8, 4) is 5.75 Å². The molecule has 0 atom stereocenters. The number of anilines is 4. The summed E-state index contributed by atoms with van der Waals surface area (Å²) in [6.07, 6.45) is 1.52. The Kier molecular flexibility index (Phi) is 4.96. The van der Waals surface area contributed by atoms with Gasteiger partial charge in [0.15, 0.2) is 0 Å². The Morgan fingerprint density at radius 1 is 0.958 bits per heavy atom. The first kappa shape index (κ1) is 16.3. The second-order valence-electron chi connectivity index (χ2n) is 5.20. The fourth-order valence-corrected chi connectivity index (χ4v) is 2.50. The molecule has 0 aliphatic rings. The van der Waals surface area contributed by atoms with Gasteiger partial charge in [-0.2, -0.15) is 0 Å². The molecule has 6 heteroatoms. The number of rotatable bonds is 5. The van der Waals surface area contributed by atoms with E-state index in [2.05, 4.69) is 42.6 Å². The Morgan fingerprint density at radius 2 is 1.71 bits per heavy atom. The summed E-state index contributed by atoms with van der Waals surface area (Å²) in [5.74, 6) is 2.16. The molecule has 2 N–H and O–H groups in total. The van der Waals surface area contributed by atoms with Crippen molar-refractivity contribution in [2.45, 2.75) is 6.92 Å². The van der Waals surface area contributed by atoms with Crippen molar-refractivity contribution in [3.63, 3.8) is 0 Å². The third kappa shape index (κ3) is 3.83. The SMILES string of the molecule is COc1ccccc1Nc1cc(Nc2ccc(Br)c(C)c2)ncn1. The minimum absolute atomic E-state index is 0.686. The maximum Gasteiger partial charge on any atom is 0.142 e. The van der Waals surface area contributed by atoms with Gasteiger partial charge in [-0.1, -0.05) is 28.1 Å². The van der Waals surface area contributed by atoms with Gasteiger partial charge in [0.1, 0.15) is 23.7 Å². The number of para-hydroxylation sites is 2. The highest BCUT2D eigenvalue weighted by Crippen LogP contribution is 2.27. The van der Waals surface area contributed by atoms with E-state index >= 15 is 0 Å². The van der Waals surface area contributed by atoms with Gasteiger partial charge in [0.2, 0.25) is 0 Å². The number of aromatic nitrogens is 2. The van der Waals surface area contributed by atoms with Crippen LogP contribution in [0.15, 0.2) is 59.3 Å². The molecular formula is C18H17BrN4O. The first-order valence-corrected chi connectivity index (χ1v) is 8.20. The Morgan fingerprint density at radius 3 is 2.46 bits per heavy atom. The maximum atomic E-state index is 5.34. The van der Waals surface area contributed by atoms with Crippen molar-refractivity contribution in [1.82, 2.24) is 9.97 Å². The van der Waals surface area contributed by atoms with Gasteiger partial charge in [0, 0.05) is 16.2 Å². The van der Waals surface area contributed by atoms with Crippen LogP contribution in [0.3, 0.4) is 0 Å². The van der Waals surface area contributed by atoms with E-state index in [0.717, 1.165) is 27.2 Å². The third-order valence-corrected chi connectivity index (χ3v) is 4.36. The van der Waals surface area contributed by atoms with Gasteiger partial charge in [-0.05, 0) is 42.8 Å². The lowest BCUT2D eigenvalue weighted by Crippen LogP contribution is -2.00. The molecule has 0 amide bonds. The van der Waals surface area contributed by atoms with E-state index in [9.17, 15) is 0 Å². The summed E-state index contributed by atoms with van der Waals surface area (Å²) >= 11 is 3.50. The number of halogens is 1. The predicted molar refractivity (Wildman–Crippen MR) is 100 cm³/mol. The summed E-state index contributed by atoms with van der Waals surface area (Å²) in [7, 11) is 1.64. The van der Waals surface area contributed by atoms with Crippen molar-refractivity contribution in [2.24, 2.45) is 0 Å². The average molecular weight is 385 g/mol. The van der Waals surface area contributed by atoms with Crippen LogP contribution in [0.1, 0.15) is 5.56 Å². The lowest BCUT2D eigenvalue weighted by atomic mass is 10.2. The van der Waals surface area contributed by atoms with Gasteiger partial charge in [-0.15, -0.1) is 0 Å². The number of methoxy groups -OCH3 is 1. The highest BCUT2D eigenvalue weighted by atomic mass is 79.9. The molecule has 3 aromatic rings. The topological polar surface area (TPSA) is 59.1 Å². The van der Waals surface area contributed by atoms with E-state index < -0.39 is 0 Å². The monoisotopic (exact) mass is 384 g/mol. The Balaban J connectivity index is 1.80. The first-order valence-electron chi connectivity index (χ1n) is 7.41. The molecule has 122 valence electrons. The van der Waals surface area contributed by atoms with Crippen LogP contribution >= 0.6 is 15.9 Å². The first-order chi connectivity index (χ1) is 11.7. The summed E-state index contributed by atoms with van der Waals surface area (Å²) < 4.78 is 6.42. The lowest BCUT2D eigenvalue weighted by molar-refractivity contribution is 0.417. The summed E-state index contributed by atoms with van der Waals surface area (Å²) in [5, 5.41) is 6.53. The van der Waals surface area contributed by atoms with Gasteiger partial charge in [0.25, 0.3) is 0 Å². The number of nitrogens with one attached hydrogen (secondary N) is 2. The van der Waals surface area contributed by atoms with Gasteiger partial charge < -0.3 is 15.4 Å². The third-order valence-electron chi connectivity index (χ3n) is 3.47. The molecule has 0 bridgehead atoms. The van der Waals surface area contributed by atoms with Crippen molar-refractivity contribution in [3.05, 3.63) is 64.9 Å². The quantitative estimate of drug-likeness (QED) is 0.644. The maximum absolute atomic E-state index is 5.34. The molecule has 0 aliphatic carbocycles. The van der Waals surface area contributed by atoms with Crippen molar-refractivity contribution in [1.29, 1.82) is 0 Å². The number of aryl methyl sites for hydroxylation is 1.